The van der Waals surface area contributed by atoms with Crippen molar-refractivity contribution in [3.05, 3.63) is 84.3 Å². The Morgan fingerprint density at radius 1 is 0.920 bits per heavy atom. The van der Waals surface area contributed by atoms with Gasteiger partial charge in [-0.1, -0.05) is 37.4 Å². The maximum atomic E-state index is 12.7. The van der Waals surface area contributed by atoms with Crippen LogP contribution in [0.25, 0.3) is 22.1 Å². The van der Waals surface area contributed by atoms with Gasteiger partial charge >= 0.3 is 0 Å². The van der Waals surface area contributed by atoms with Crippen molar-refractivity contribution in [2.24, 2.45) is 0 Å². The number of hydrogen-bond donors (Lipinski definition) is 0. The van der Waals surface area contributed by atoms with Gasteiger partial charge in [-0.3, -0.25) is 4.79 Å². The van der Waals surface area contributed by atoms with Gasteiger partial charge in [-0.25, -0.2) is 0 Å². The summed E-state index contributed by atoms with van der Waals surface area (Å²) in [6.45, 7) is 8.05. The van der Waals surface area contributed by atoms with Crippen LogP contribution in [-0.2, 0) is 0 Å². The van der Waals surface area contributed by atoms with Gasteiger partial charge in [-0.15, -0.1) is 0 Å². The van der Waals surface area contributed by atoms with Gasteiger partial charge in [0.15, 0.2) is 5.43 Å². The lowest BCUT2D eigenvalue weighted by Crippen LogP contribution is -2.05. The van der Waals surface area contributed by atoms with Crippen molar-refractivity contribution in [1.82, 2.24) is 0 Å². The summed E-state index contributed by atoms with van der Waals surface area (Å²) in [4.78, 5) is 12.7. The highest BCUT2D eigenvalue weighted by atomic mass is 16.5. The first-order chi connectivity index (χ1) is 12.2. The molecule has 4 heteroatoms. The van der Waals surface area contributed by atoms with Gasteiger partial charge in [0.25, 0.3) is 0 Å². The molecule has 0 radical (unpaired) electrons. The Kier molecular flexibility index (Phi) is 5.00. The van der Waals surface area contributed by atoms with Gasteiger partial charge in [-0.05, 0) is 29.8 Å². The third-order valence-corrected chi connectivity index (χ3v) is 3.65. The van der Waals surface area contributed by atoms with Gasteiger partial charge in [-0.2, -0.15) is 0 Å². The van der Waals surface area contributed by atoms with E-state index in [4.69, 9.17) is 13.9 Å². The van der Waals surface area contributed by atoms with E-state index in [1.165, 1.54) is 6.26 Å². The summed E-state index contributed by atoms with van der Waals surface area (Å²) in [6.07, 6.45) is 4.81. The van der Waals surface area contributed by atoms with E-state index >= 15 is 0 Å². The molecule has 0 aliphatic rings. The average Bonchev–Trinajstić information content (AvgIpc) is 2.65. The Balaban J connectivity index is 1.94. The lowest BCUT2D eigenvalue weighted by Gasteiger charge is -2.07. The van der Waals surface area contributed by atoms with E-state index in [2.05, 4.69) is 13.2 Å². The van der Waals surface area contributed by atoms with E-state index in [-0.39, 0.29) is 5.43 Å². The molecule has 1 heterocycles. The molecule has 0 unspecified atom stereocenters. The lowest BCUT2D eigenvalue weighted by atomic mass is 10.1. The van der Waals surface area contributed by atoms with Crippen molar-refractivity contribution in [1.29, 1.82) is 0 Å². The van der Waals surface area contributed by atoms with Gasteiger partial charge in [0.05, 0.1) is 10.9 Å². The number of benzene rings is 2. The SMILES string of the molecule is C=CCOc1ccc(-c2coc3cc(OCC=C)ccc3c2=O)cc1. The van der Waals surface area contributed by atoms with E-state index in [1.54, 1.807) is 30.4 Å². The Morgan fingerprint density at radius 3 is 2.24 bits per heavy atom. The molecule has 0 fully saturated rings. The van der Waals surface area contributed by atoms with E-state index in [9.17, 15) is 4.79 Å². The van der Waals surface area contributed by atoms with Crippen LogP contribution < -0.4 is 14.9 Å². The fourth-order valence-electron chi connectivity index (χ4n) is 2.44. The first-order valence-corrected chi connectivity index (χ1v) is 7.86. The topological polar surface area (TPSA) is 48.7 Å². The second-order valence-electron chi connectivity index (χ2n) is 5.36. The van der Waals surface area contributed by atoms with Gasteiger partial charge in [0.1, 0.15) is 36.6 Å². The minimum absolute atomic E-state index is 0.0868. The number of hydrogen-bond acceptors (Lipinski definition) is 4. The van der Waals surface area contributed by atoms with Crippen LogP contribution in [0.2, 0.25) is 0 Å². The fraction of sp³-hybridized carbons (Fsp3) is 0.0952. The first-order valence-electron chi connectivity index (χ1n) is 7.86. The molecule has 0 aliphatic carbocycles. The maximum Gasteiger partial charge on any atom is 0.200 e. The van der Waals surface area contributed by atoms with Crippen LogP contribution in [0.1, 0.15) is 0 Å². The van der Waals surface area contributed by atoms with Crippen molar-refractivity contribution in [2.75, 3.05) is 13.2 Å². The maximum absolute atomic E-state index is 12.7. The highest BCUT2D eigenvalue weighted by Crippen LogP contribution is 2.24. The zero-order valence-electron chi connectivity index (χ0n) is 13.7. The molecule has 3 rings (SSSR count). The minimum atomic E-state index is -0.0868. The van der Waals surface area contributed by atoms with Crippen molar-refractivity contribution >= 4 is 11.0 Å². The molecular formula is C21H18O4. The average molecular weight is 334 g/mol. The summed E-state index contributed by atoms with van der Waals surface area (Å²) >= 11 is 0. The van der Waals surface area contributed by atoms with Gasteiger partial charge in [0, 0.05) is 6.07 Å². The second-order valence-corrected chi connectivity index (χ2v) is 5.36. The standard InChI is InChI=1S/C21H18O4/c1-3-11-23-16-7-5-15(6-8-16)19-14-25-20-13-17(24-12-4-2)9-10-18(20)21(19)22/h3-10,13-14H,1-2,11-12H2. The van der Waals surface area contributed by atoms with E-state index < -0.39 is 0 Å². The van der Waals surface area contributed by atoms with Crippen molar-refractivity contribution < 1.29 is 13.9 Å². The predicted octanol–water partition coefficient (Wildman–Crippen LogP) is 4.59. The Labute approximate surface area is 145 Å². The molecule has 0 aliphatic heterocycles. The van der Waals surface area contributed by atoms with Crippen LogP contribution >= 0.6 is 0 Å². The summed E-state index contributed by atoms with van der Waals surface area (Å²) in [5.74, 6) is 1.35. The molecule has 0 amide bonds. The van der Waals surface area contributed by atoms with Gasteiger partial charge in [0.2, 0.25) is 0 Å². The Hall–Kier alpha value is -3.27. The largest absolute Gasteiger partial charge is 0.490 e. The molecule has 0 spiro atoms. The zero-order chi connectivity index (χ0) is 17.6. The molecule has 2 aromatic carbocycles. The van der Waals surface area contributed by atoms with E-state index in [1.807, 2.05) is 24.3 Å². The number of fused-ring (bicyclic) bond motifs is 1. The van der Waals surface area contributed by atoms with Crippen molar-refractivity contribution in [3.8, 4) is 22.6 Å². The van der Waals surface area contributed by atoms with Gasteiger partial charge < -0.3 is 13.9 Å². The molecule has 0 saturated carbocycles. The molecular weight excluding hydrogens is 316 g/mol. The van der Waals surface area contributed by atoms with Crippen molar-refractivity contribution in [2.45, 2.75) is 0 Å². The summed E-state index contributed by atoms with van der Waals surface area (Å²) in [5, 5.41) is 0.510. The highest BCUT2D eigenvalue weighted by molar-refractivity contribution is 5.82. The van der Waals surface area contributed by atoms with Crippen LogP contribution in [0.5, 0.6) is 11.5 Å². The summed E-state index contributed by atoms with van der Waals surface area (Å²) in [7, 11) is 0. The van der Waals surface area contributed by atoms with Crippen LogP contribution in [-0.4, -0.2) is 13.2 Å². The normalized spacial score (nSPS) is 10.4. The monoisotopic (exact) mass is 334 g/mol. The predicted molar refractivity (Wildman–Crippen MR) is 99.3 cm³/mol. The molecule has 4 nitrogen and oxygen atoms in total. The summed E-state index contributed by atoms with van der Waals surface area (Å²) < 4.78 is 16.6. The zero-order valence-corrected chi connectivity index (χ0v) is 13.7. The van der Waals surface area contributed by atoms with Crippen LogP contribution in [0.3, 0.4) is 0 Å². The molecule has 0 atom stereocenters. The van der Waals surface area contributed by atoms with E-state index in [0.29, 0.717) is 35.5 Å². The minimum Gasteiger partial charge on any atom is -0.490 e. The third kappa shape index (κ3) is 3.63. The Morgan fingerprint density at radius 2 is 1.56 bits per heavy atom. The summed E-state index contributed by atoms with van der Waals surface area (Å²) in [6, 6.07) is 12.5. The fourth-order valence-corrected chi connectivity index (χ4v) is 2.44. The van der Waals surface area contributed by atoms with Crippen LogP contribution in [0, 0.1) is 0 Å². The molecule has 126 valence electrons. The third-order valence-electron chi connectivity index (χ3n) is 3.65. The molecule has 0 N–H and O–H groups in total. The lowest BCUT2D eigenvalue weighted by molar-refractivity contribution is 0.363. The van der Waals surface area contributed by atoms with Crippen molar-refractivity contribution in [3.63, 3.8) is 0 Å². The van der Waals surface area contributed by atoms with Crippen LogP contribution in [0.4, 0.5) is 0 Å². The molecule has 1 aromatic heterocycles. The Bertz CT molecular complexity index is 952. The molecule has 0 saturated heterocycles. The molecule has 3 aromatic rings. The molecule has 0 bridgehead atoms. The number of ether oxygens (including phenoxy) is 2. The molecule has 25 heavy (non-hydrogen) atoms. The number of rotatable bonds is 7. The quantitative estimate of drug-likeness (QED) is 0.593. The highest BCUT2D eigenvalue weighted by Gasteiger charge is 2.10. The van der Waals surface area contributed by atoms with Crippen LogP contribution in [0.15, 0.2) is 83.2 Å². The smallest absolute Gasteiger partial charge is 0.200 e. The van der Waals surface area contributed by atoms with E-state index in [0.717, 1.165) is 11.3 Å². The first kappa shape index (κ1) is 16.6. The second kappa shape index (κ2) is 7.53. The summed E-state index contributed by atoms with van der Waals surface area (Å²) in [5.41, 5.74) is 1.67.